The number of nitrogens with zero attached hydrogens (tertiary/aromatic N) is 1. The summed E-state index contributed by atoms with van der Waals surface area (Å²) in [6, 6.07) is 9.80. The predicted molar refractivity (Wildman–Crippen MR) is 104 cm³/mol. The Morgan fingerprint density at radius 2 is 2.07 bits per heavy atom. The van der Waals surface area contributed by atoms with Crippen molar-refractivity contribution in [3.63, 3.8) is 0 Å². The second-order valence-corrected chi connectivity index (χ2v) is 7.65. The Balaban J connectivity index is 1.87. The molecule has 0 saturated carbocycles. The molecule has 0 saturated heterocycles. The van der Waals surface area contributed by atoms with Crippen molar-refractivity contribution in [2.75, 3.05) is 13.2 Å². The summed E-state index contributed by atoms with van der Waals surface area (Å²) in [6.45, 7) is 3.34. The molecule has 4 rings (SSSR count). The largest absolute Gasteiger partial charge is 0.491 e. The molecule has 1 heterocycles. The van der Waals surface area contributed by atoms with Gasteiger partial charge in [0.2, 0.25) is 0 Å². The van der Waals surface area contributed by atoms with Crippen molar-refractivity contribution in [3.8, 4) is 11.8 Å². The molecule has 0 radical (unpaired) electrons. The number of nitrogens with one attached hydrogen (secondary N) is 1. The molecule has 2 aromatic carbocycles. The molecule has 1 aliphatic carbocycles. The third-order valence-corrected chi connectivity index (χ3v) is 5.45. The van der Waals surface area contributed by atoms with E-state index in [9.17, 15) is 14.3 Å². The molecule has 1 aliphatic rings. The molecule has 1 aromatic heterocycles. The van der Waals surface area contributed by atoms with E-state index in [0.29, 0.717) is 33.5 Å². The van der Waals surface area contributed by atoms with Crippen molar-refractivity contribution in [2.24, 2.45) is 0 Å². The Kier molecular flexibility index (Phi) is 4.41. The van der Waals surface area contributed by atoms with E-state index >= 15 is 0 Å². The summed E-state index contributed by atoms with van der Waals surface area (Å²) in [5.41, 5.74) is 1.58. The summed E-state index contributed by atoms with van der Waals surface area (Å²) in [4.78, 5) is 16.3. The van der Waals surface area contributed by atoms with E-state index in [0.717, 1.165) is 0 Å². The molecule has 3 aromatic rings. The van der Waals surface area contributed by atoms with Gasteiger partial charge in [0, 0.05) is 22.1 Å². The number of carbonyl (C=O) groups excluding carboxylic acids is 1. The van der Waals surface area contributed by atoms with Crippen molar-refractivity contribution in [3.05, 3.63) is 64.1 Å². The summed E-state index contributed by atoms with van der Waals surface area (Å²) in [7, 11) is 0. The zero-order chi connectivity index (χ0) is 20.9. The second-order valence-electron chi connectivity index (χ2n) is 7.65. The van der Waals surface area contributed by atoms with Crippen LogP contribution in [0.2, 0.25) is 0 Å². The maximum absolute atomic E-state index is 14.7. The van der Waals surface area contributed by atoms with E-state index in [1.54, 1.807) is 24.3 Å². The summed E-state index contributed by atoms with van der Waals surface area (Å²) < 4.78 is 20.2. The molecule has 0 amide bonds. The van der Waals surface area contributed by atoms with Crippen molar-refractivity contribution in [2.45, 2.75) is 25.4 Å². The molecule has 0 unspecified atom stereocenters. The van der Waals surface area contributed by atoms with Gasteiger partial charge in [-0.15, -0.1) is 0 Å². The van der Waals surface area contributed by atoms with Crippen LogP contribution in [-0.2, 0) is 5.41 Å². The van der Waals surface area contributed by atoms with Gasteiger partial charge in [0.05, 0.1) is 23.3 Å². The third kappa shape index (κ3) is 2.80. The van der Waals surface area contributed by atoms with Crippen LogP contribution < -0.4 is 4.74 Å². The summed E-state index contributed by atoms with van der Waals surface area (Å²) >= 11 is 0. The first kappa shape index (κ1) is 19.1. The van der Waals surface area contributed by atoms with Gasteiger partial charge in [0.25, 0.3) is 0 Å². The van der Waals surface area contributed by atoms with Crippen LogP contribution in [-0.4, -0.2) is 40.3 Å². The first-order chi connectivity index (χ1) is 13.8. The van der Waals surface area contributed by atoms with Gasteiger partial charge in [-0.1, -0.05) is 19.9 Å². The molecule has 0 spiro atoms. The minimum Gasteiger partial charge on any atom is -0.491 e. The topological polar surface area (TPSA) is 106 Å². The standard InChI is InChI=1S/C22H19FN2O4/c1-22(2)16-7-13(29-10-12(27)9-26)4-6-14(16)20(28)17-15-5-3-11(8-24)18(23)19(15)25-21(17)22/h3-7,12,25-27H,9-10H2,1-2H3/t12-/m0/s1. The maximum atomic E-state index is 14.7. The Labute approximate surface area is 166 Å². The van der Waals surface area contributed by atoms with Gasteiger partial charge in [-0.3, -0.25) is 4.79 Å². The molecule has 0 bridgehead atoms. The average molecular weight is 394 g/mol. The Hall–Kier alpha value is -3.21. The van der Waals surface area contributed by atoms with E-state index in [-0.39, 0.29) is 23.5 Å². The van der Waals surface area contributed by atoms with Gasteiger partial charge >= 0.3 is 0 Å². The molecule has 1 atom stereocenters. The van der Waals surface area contributed by atoms with Crippen LogP contribution in [0.1, 0.15) is 46.6 Å². The van der Waals surface area contributed by atoms with Crippen LogP contribution in [0, 0.1) is 17.1 Å². The normalized spacial score (nSPS) is 15.5. The number of halogens is 1. The minimum absolute atomic E-state index is 0.0799. The number of hydrogen-bond donors (Lipinski definition) is 3. The van der Waals surface area contributed by atoms with Gasteiger partial charge in [-0.05, 0) is 29.8 Å². The number of hydrogen-bond acceptors (Lipinski definition) is 5. The third-order valence-electron chi connectivity index (χ3n) is 5.45. The van der Waals surface area contributed by atoms with E-state index < -0.39 is 23.9 Å². The molecule has 0 aliphatic heterocycles. The number of fused-ring (bicyclic) bond motifs is 4. The highest BCUT2D eigenvalue weighted by Crippen LogP contribution is 2.45. The number of rotatable bonds is 4. The van der Waals surface area contributed by atoms with Gasteiger partial charge in [-0.2, -0.15) is 5.26 Å². The molecular formula is C22H19FN2O4. The number of nitriles is 1. The molecule has 0 fully saturated rings. The van der Waals surface area contributed by atoms with Crippen LogP contribution in [0.5, 0.6) is 5.75 Å². The number of carbonyl (C=O) groups is 1. The van der Waals surface area contributed by atoms with Gasteiger partial charge in [0.15, 0.2) is 11.6 Å². The van der Waals surface area contributed by atoms with E-state index in [1.165, 1.54) is 6.07 Å². The minimum atomic E-state index is -1.00. The summed E-state index contributed by atoms with van der Waals surface area (Å²) in [6.07, 6.45) is -1.00. The fourth-order valence-electron chi connectivity index (χ4n) is 3.86. The Morgan fingerprint density at radius 1 is 1.31 bits per heavy atom. The Morgan fingerprint density at radius 3 is 2.76 bits per heavy atom. The number of aliphatic hydroxyl groups is 2. The van der Waals surface area contributed by atoms with Crippen LogP contribution in [0.25, 0.3) is 10.9 Å². The van der Waals surface area contributed by atoms with Crippen molar-refractivity contribution < 1.29 is 24.1 Å². The summed E-state index contributed by atoms with van der Waals surface area (Å²) in [5.74, 6) is -0.449. The zero-order valence-corrected chi connectivity index (χ0v) is 15.9. The number of aromatic amines is 1. The number of ketones is 1. The molecule has 3 N–H and O–H groups in total. The monoisotopic (exact) mass is 394 g/mol. The highest BCUT2D eigenvalue weighted by Gasteiger charge is 2.40. The molecule has 148 valence electrons. The van der Waals surface area contributed by atoms with Gasteiger partial charge in [-0.25, -0.2) is 4.39 Å². The molecule has 29 heavy (non-hydrogen) atoms. The number of aliphatic hydroxyl groups excluding tert-OH is 2. The number of ether oxygens (including phenoxy) is 1. The number of aromatic nitrogens is 1. The van der Waals surface area contributed by atoms with E-state index in [4.69, 9.17) is 15.1 Å². The number of benzene rings is 2. The zero-order valence-electron chi connectivity index (χ0n) is 15.9. The highest BCUT2D eigenvalue weighted by molar-refractivity contribution is 6.20. The molecular weight excluding hydrogens is 375 g/mol. The van der Waals surface area contributed by atoms with Crippen molar-refractivity contribution in [1.82, 2.24) is 4.98 Å². The fourth-order valence-corrected chi connectivity index (χ4v) is 3.86. The van der Waals surface area contributed by atoms with Crippen LogP contribution in [0.15, 0.2) is 30.3 Å². The lowest BCUT2D eigenvalue weighted by Crippen LogP contribution is -2.30. The first-order valence-electron chi connectivity index (χ1n) is 9.15. The summed E-state index contributed by atoms with van der Waals surface area (Å²) in [5, 5.41) is 28.0. The first-order valence-corrected chi connectivity index (χ1v) is 9.15. The van der Waals surface area contributed by atoms with Crippen molar-refractivity contribution >= 4 is 16.7 Å². The molecule has 7 heteroatoms. The second kappa shape index (κ2) is 6.69. The van der Waals surface area contributed by atoms with Crippen molar-refractivity contribution in [1.29, 1.82) is 5.26 Å². The smallest absolute Gasteiger partial charge is 0.195 e. The predicted octanol–water partition coefficient (Wildman–Crippen LogP) is 2.78. The lowest BCUT2D eigenvalue weighted by Gasteiger charge is -2.32. The highest BCUT2D eigenvalue weighted by atomic mass is 19.1. The quantitative estimate of drug-likeness (QED) is 0.631. The van der Waals surface area contributed by atoms with Gasteiger partial charge < -0.3 is 19.9 Å². The lowest BCUT2D eigenvalue weighted by molar-refractivity contribution is 0.0535. The Bertz CT molecular complexity index is 1190. The lowest BCUT2D eigenvalue weighted by atomic mass is 9.71. The SMILES string of the molecule is CC1(C)c2cc(OC[C@@H](O)CO)ccc2C(=O)c2c1[nH]c1c(F)c(C#N)ccc21. The van der Waals surface area contributed by atoms with Gasteiger partial charge in [0.1, 0.15) is 24.5 Å². The number of H-pyrrole nitrogens is 1. The maximum Gasteiger partial charge on any atom is 0.195 e. The average Bonchev–Trinajstić information content (AvgIpc) is 3.12. The van der Waals surface area contributed by atoms with E-state index in [2.05, 4.69) is 4.98 Å². The van der Waals surface area contributed by atoms with Crippen LogP contribution >= 0.6 is 0 Å². The van der Waals surface area contributed by atoms with Crippen LogP contribution in [0.3, 0.4) is 0 Å². The fraction of sp³-hybridized carbons (Fsp3) is 0.273. The molecule has 6 nitrogen and oxygen atoms in total. The van der Waals surface area contributed by atoms with E-state index in [1.807, 2.05) is 19.9 Å². The van der Waals surface area contributed by atoms with Crippen LogP contribution in [0.4, 0.5) is 4.39 Å².